The van der Waals surface area contributed by atoms with E-state index in [1.165, 1.54) is 47.4 Å². The number of amidine groups is 1. The number of aryl methyl sites for hydroxylation is 2. The smallest absolute Gasteiger partial charge is 0.153 e. The largest absolute Gasteiger partial charge is 0.308 e. The third-order valence-electron chi connectivity index (χ3n) is 2.98. The Bertz CT molecular complexity index is 382. The Morgan fingerprint density at radius 3 is 3.00 bits per heavy atom. The molecular formula is C11H15N3S. The Hall–Kier alpha value is -0.870. The molecule has 1 saturated carbocycles. The van der Waals surface area contributed by atoms with Crippen LogP contribution in [0.5, 0.6) is 0 Å². The summed E-state index contributed by atoms with van der Waals surface area (Å²) in [6, 6.07) is 2.78. The van der Waals surface area contributed by atoms with Gasteiger partial charge in [-0.15, -0.1) is 11.3 Å². The Morgan fingerprint density at radius 1 is 1.47 bits per heavy atom. The molecule has 3 N–H and O–H groups in total. The summed E-state index contributed by atoms with van der Waals surface area (Å²) in [5.74, 6) is 6.41. The molecule has 3 rings (SSSR count). The zero-order valence-corrected chi connectivity index (χ0v) is 9.44. The second-order valence-electron chi connectivity index (χ2n) is 4.27. The second kappa shape index (κ2) is 3.61. The molecule has 0 saturated heterocycles. The summed E-state index contributed by atoms with van der Waals surface area (Å²) in [4.78, 5) is 7.33. The summed E-state index contributed by atoms with van der Waals surface area (Å²) in [7, 11) is 0. The maximum absolute atomic E-state index is 5.53. The summed E-state index contributed by atoms with van der Waals surface area (Å²) in [5, 5.41) is 0. The van der Waals surface area contributed by atoms with Crippen LogP contribution in [0.15, 0.2) is 11.1 Å². The van der Waals surface area contributed by atoms with Gasteiger partial charge in [0.15, 0.2) is 5.84 Å². The number of hydrogen-bond donors (Lipinski definition) is 2. The number of nitrogens with one attached hydrogen (secondary N) is 1. The average molecular weight is 221 g/mol. The zero-order chi connectivity index (χ0) is 10.3. The van der Waals surface area contributed by atoms with Crippen LogP contribution in [0.2, 0.25) is 0 Å². The van der Waals surface area contributed by atoms with Crippen molar-refractivity contribution in [3.63, 3.8) is 0 Å². The predicted molar refractivity (Wildman–Crippen MR) is 63.2 cm³/mol. The Labute approximate surface area is 93.4 Å². The number of nitrogens with two attached hydrogens (primary N) is 1. The van der Waals surface area contributed by atoms with Gasteiger partial charge >= 0.3 is 0 Å². The molecule has 1 aromatic heterocycles. The molecule has 2 aliphatic carbocycles. The van der Waals surface area contributed by atoms with E-state index in [1.54, 1.807) is 0 Å². The Balaban J connectivity index is 1.89. The summed E-state index contributed by atoms with van der Waals surface area (Å²) >= 11 is 1.85. The average Bonchev–Trinajstić information content (AvgIpc) is 2.79. The van der Waals surface area contributed by atoms with Crippen LogP contribution in [-0.4, -0.2) is 11.9 Å². The highest BCUT2D eigenvalue weighted by atomic mass is 32.1. The molecule has 0 atom stereocenters. The lowest BCUT2D eigenvalue weighted by Gasteiger charge is -2.02. The fourth-order valence-electron chi connectivity index (χ4n) is 2.00. The van der Waals surface area contributed by atoms with Crippen LogP contribution in [0.3, 0.4) is 0 Å². The van der Waals surface area contributed by atoms with E-state index in [2.05, 4.69) is 16.5 Å². The fraction of sp³-hybridized carbons (Fsp3) is 0.545. The normalized spacial score (nSPS) is 20.5. The van der Waals surface area contributed by atoms with E-state index >= 15 is 0 Å². The topological polar surface area (TPSA) is 50.4 Å². The molecule has 2 aliphatic rings. The van der Waals surface area contributed by atoms with Crippen LogP contribution in [0.1, 0.15) is 34.6 Å². The van der Waals surface area contributed by atoms with E-state index in [1.807, 2.05) is 11.3 Å². The van der Waals surface area contributed by atoms with Crippen LogP contribution in [0.25, 0.3) is 0 Å². The molecule has 0 radical (unpaired) electrons. The standard InChI is InChI=1S/C11H15N3S/c12-14-11(13-8-4-5-8)10-6-7-2-1-3-9(7)15-10/h6,8H,1-5,12H2,(H,13,14). The van der Waals surface area contributed by atoms with Gasteiger partial charge in [0.25, 0.3) is 0 Å². The van der Waals surface area contributed by atoms with Crippen LogP contribution >= 0.6 is 11.3 Å². The van der Waals surface area contributed by atoms with Crippen LogP contribution in [0.4, 0.5) is 0 Å². The number of rotatable bonds is 2. The minimum Gasteiger partial charge on any atom is -0.308 e. The summed E-state index contributed by atoms with van der Waals surface area (Å²) in [5.41, 5.74) is 4.25. The van der Waals surface area contributed by atoms with Crippen molar-refractivity contribution in [2.24, 2.45) is 10.8 Å². The monoisotopic (exact) mass is 221 g/mol. The van der Waals surface area contributed by atoms with Gasteiger partial charge in [-0.1, -0.05) is 0 Å². The van der Waals surface area contributed by atoms with E-state index in [0.717, 1.165) is 5.84 Å². The molecule has 15 heavy (non-hydrogen) atoms. The van der Waals surface area contributed by atoms with Gasteiger partial charge in [-0.2, -0.15) is 0 Å². The molecule has 1 fully saturated rings. The van der Waals surface area contributed by atoms with Gasteiger partial charge in [-0.25, -0.2) is 5.84 Å². The predicted octanol–water partition coefficient (Wildman–Crippen LogP) is 1.61. The third kappa shape index (κ3) is 1.79. The second-order valence-corrected chi connectivity index (χ2v) is 5.40. The molecule has 80 valence electrons. The quantitative estimate of drug-likeness (QED) is 0.345. The van der Waals surface area contributed by atoms with Gasteiger partial charge in [-0.3, -0.25) is 4.99 Å². The minimum atomic E-state index is 0.521. The highest BCUT2D eigenvalue weighted by Gasteiger charge is 2.23. The first-order chi connectivity index (χ1) is 7.36. The first kappa shape index (κ1) is 9.36. The van der Waals surface area contributed by atoms with Crippen molar-refractivity contribution in [1.82, 2.24) is 5.43 Å². The Kier molecular flexibility index (Phi) is 2.25. The number of aliphatic imine (C=N–C) groups is 1. The van der Waals surface area contributed by atoms with Crippen molar-refractivity contribution < 1.29 is 0 Å². The summed E-state index contributed by atoms with van der Waals surface area (Å²) in [6.07, 6.45) is 6.22. The van der Waals surface area contributed by atoms with Gasteiger partial charge < -0.3 is 5.43 Å². The van der Waals surface area contributed by atoms with Crippen molar-refractivity contribution in [3.05, 3.63) is 21.4 Å². The molecule has 0 bridgehead atoms. The lowest BCUT2D eigenvalue weighted by Crippen LogP contribution is -2.30. The van der Waals surface area contributed by atoms with E-state index in [4.69, 9.17) is 5.84 Å². The molecule has 0 unspecified atom stereocenters. The van der Waals surface area contributed by atoms with Crippen molar-refractivity contribution >= 4 is 17.2 Å². The fourth-order valence-corrected chi connectivity index (χ4v) is 3.22. The number of hydrogen-bond acceptors (Lipinski definition) is 3. The van der Waals surface area contributed by atoms with Gasteiger partial charge in [0, 0.05) is 4.88 Å². The lowest BCUT2D eigenvalue weighted by atomic mass is 10.2. The zero-order valence-electron chi connectivity index (χ0n) is 8.62. The molecule has 1 heterocycles. The van der Waals surface area contributed by atoms with Gasteiger partial charge in [0.1, 0.15) is 0 Å². The first-order valence-corrected chi connectivity index (χ1v) is 6.35. The van der Waals surface area contributed by atoms with Gasteiger partial charge in [-0.05, 0) is 43.7 Å². The maximum atomic E-state index is 5.53. The van der Waals surface area contributed by atoms with Crippen molar-refractivity contribution in [1.29, 1.82) is 0 Å². The SMILES string of the molecule is NNC(=NC1CC1)c1cc2c(s1)CCC2. The van der Waals surface area contributed by atoms with Crippen LogP contribution in [-0.2, 0) is 12.8 Å². The molecule has 4 heteroatoms. The van der Waals surface area contributed by atoms with Crippen molar-refractivity contribution in [2.75, 3.05) is 0 Å². The highest BCUT2D eigenvalue weighted by Crippen LogP contribution is 2.31. The lowest BCUT2D eigenvalue weighted by molar-refractivity contribution is 0.914. The van der Waals surface area contributed by atoms with E-state index in [9.17, 15) is 0 Å². The molecular weight excluding hydrogens is 206 g/mol. The van der Waals surface area contributed by atoms with Gasteiger partial charge in [0.2, 0.25) is 0 Å². The van der Waals surface area contributed by atoms with E-state index in [0.29, 0.717) is 6.04 Å². The maximum Gasteiger partial charge on any atom is 0.153 e. The van der Waals surface area contributed by atoms with Crippen LogP contribution < -0.4 is 11.3 Å². The van der Waals surface area contributed by atoms with Gasteiger partial charge in [0.05, 0.1) is 10.9 Å². The minimum absolute atomic E-state index is 0.521. The van der Waals surface area contributed by atoms with Crippen molar-refractivity contribution in [3.8, 4) is 0 Å². The number of thiophene rings is 1. The third-order valence-corrected chi connectivity index (χ3v) is 4.22. The summed E-state index contributed by atoms with van der Waals surface area (Å²) < 4.78 is 0. The molecule has 0 aliphatic heterocycles. The van der Waals surface area contributed by atoms with Crippen LogP contribution in [0, 0.1) is 0 Å². The molecule has 1 aromatic rings. The number of nitrogens with zero attached hydrogens (tertiary/aromatic N) is 1. The highest BCUT2D eigenvalue weighted by molar-refractivity contribution is 7.14. The number of fused-ring (bicyclic) bond motifs is 1. The molecule has 0 aromatic carbocycles. The van der Waals surface area contributed by atoms with Crippen molar-refractivity contribution in [2.45, 2.75) is 38.1 Å². The molecule has 0 amide bonds. The number of hydrazine groups is 1. The molecule has 0 spiro atoms. The van der Waals surface area contributed by atoms with E-state index in [-0.39, 0.29) is 0 Å². The first-order valence-electron chi connectivity index (χ1n) is 5.53. The Morgan fingerprint density at radius 2 is 2.33 bits per heavy atom. The molecule has 3 nitrogen and oxygen atoms in total. The van der Waals surface area contributed by atoms with E-state index < -0.39 is 0 Å². The summed E-state index contributed by atoms with van der Waals surface area (Å²) in [6.45, 7) is 0.